The maximum atomic E-state index is 12.6. The number of benzene rings is 2. The molecule has 0 fully saturated rings. The fraction of sp³-hybridized carbons (Fsp3) is 0.0556. The number of aromatic amines is 1. The van der Waals surface area contributed by atoms with Gasteiger partial charge in [0.15, 0.2) is 0 Å². The van der Waals surface area contributed by atoms with Crippen molar-refractivity contribution in [1.82, 2.24) is 30.4 Å². The maximum Gasteiger partial charge on any atom is 0.288 e. The van der Waals surface area contributed by atoms with Gasteiger partial charge in [0.25, 0.3) is 16.9 Å². The molecule has 0 bridgehead atoms. The zero-order valence-electron chi connectivity index (χ0n) is 15.9. The molecule has 0 saturated heterocycles. The Bertz CT molecular complexity index is 1460. The van der Waals surface area contributed by atoms with Gasteiger partial charge in [0.2, 0.25) is 5.95 Å². The van der Waals surface area contributed by atoms with Gasteiger partial charge in [-0.2, -0.15) is 9.78 Å². The number of hydrogen-bond donors (Lipinski definition) is 2. The van der Waals surface area contributed by atoms with Crippen molar-refractivity contribution in [3.63, 3.8) is 0 Å². The Morgan fingerprint density at radius 3 is 2.47 bits per heavy atom. The zero-order valence-corrected chi connectivity index (χ0v) is 15.9. The number of nitrogens with zero attached hydrogens (tertiary/aromatic N) is 7. The topological polar surface area (TPSA) is 188 Å². The molecule has 1 atom stereocenters. The molecule has 0 radical (unpaired) electrons. The maximum absolute atomic E-state index is 12.6. The fourth-order valence-electron chi connectivity index (χ4n) is 3.64. The largest absolute Gasteiger partial charge is 0.318 e. The number of non-ortho nitro benzene ring substituents is 2. The minimum atomic E-state index is -0.861. The van der Waals surface area contributed by atoms with E-state index >= 15 is 0 Å². The Hall–Kier alpha value is -5.01. The number of nitrogens with one attached hydrogen (secondary N) is 2. The third kappa shape index (κ3) is 2.94. The Morgan fingerprint density at radius 2 is 1.72 bits per heavy atom. The number of nitro groups is 2. The Balaban J connectivity index is 1.81. The van der Waals surface area contributed by atoms with Crippen molar-refractivity contribution < 1.29 is 9.85 Å². The second-order valence-corrected chi connectivity index (χ2v) is 6.82. The van der Waals surface area contributed by atoms with E-state index in [1.165, 1.54) is 41.1 Å². The van der Waals surface area contributed by atoms with Crippen molar-refractivity contribution in [1.29, 1.82) is 0 Å². The van der Waals surface area contributed by atoms with E-state index in [1.807, 2.05) is 0 Å². The van der Waals surface area contributed by atoms with Crippen LogP contribution in [0.25, 0.3) is 11.3 Å². The molecule has 14 nitrogen and oxygen atoms in total. The summed E-state index contributed by atoms with van der Waals surface area (Å²) in [6, 6.07) is 10.7. The number of anilines is 2. The molecule has 158 valence electrons. The molecule has 2 aromatic heterocycles. The average Bonchev–Trinajstić information content (AvgIpc) is 3.26. The second-order valence-electron chi connectivity index (χ2n) is 6.82. The first-order valence-corrected chi connectivity index (χ1v) is 9.10. The summed E-state index contributed by atoms with van der Waals surface area (Å²) in [7, 11) is 0. The molecule has 1 aliphatic rings. The van der Waals surface area contributed by atoms with Crippen LogP contribution in [0.15, 0.2) is 53.3 Å². The highest BCUT2D eigenvalue weighted by Crippen LogP contribution is 2.41. The van der Waals surface area contributed by atoms with Crippen molar-refractivity contribution in [2.24, 2.45) is 0 Å². The van der Waals surface area contributed by atoms with E-state index in [9.17, 15) is 25.0 Å². The van der Waals surface area contributed by atoms with Gasteiger partial charge in [-0.15, -0.1) is 0 Å². The normalized spacial score (nSPS) is 14.2. The summed E-state index contributed by atoms with van der Waals surface area (Å²) in [5.74, 6) is 0.149. The number of rotatable bonds is 4. The van der Waals surface area contributed by atoms with Gasteiger partial charge < -0.3 is 5.32 Å². The van der Waals surface area contributed by atoms with Gasteiger partial charge in [-0.1, -0.05) is 29.4 Å². The third-order valence-electron chi connectivity index (χ3n) is 5.00. The molecule has 0 spiro atoms. The van der Waals surface area contributed by atoms with Gasteiger partial charge in [0, 0.05) is 35.4 Å². The van der Waals surface area contributed by atoms with Crippen molar-refractivity contribution >= 4 is 23.0 Å². The zero-order chi connectivity index (χ0) is 22.4. The quantitative estimate of drug-likeness (QED) is 0.313. The van der Waals surface area contributed by atoms with E-state index < -0.39 is 21.4 Å². The van der Waals surface area contributed by atoms with Gasteiger partial charge in [-0.25, -0.2) is 5.10 Å². The second kappa shape index (κ2) is 7.05. The van der Waals surface area contributed by atoms with Crippen LogP contribution >= 0.6 is 0 Å². The molecule has 14 heteroatoms. The molecule has 5 rings (SSSR count). The number of tetrazole rings is 1. The van der Waals surface area contributed by atoms with Crippen LogP contribution in [0, 0.1) is 20.2 Å². The summed E-state index contributed by atoms with van der Waals surface area (Å²) in [6.07, 6.45) is 0. The molecule has 32 heavy (non-hydrogen) atoms. The molecule has 0 saturated carbocycles. The molecule has 2 N–H and O–H groups in total. The molecule has 0 amide bonds. The Kier molecular flexibility index (Phi) is 4.18. The lowest BCUT2D eigenvalue weighted by atomic mass is 9.92. The van der Waals surface area contributed by atoms with E-state index in [2.05, 4.69) is 31.0 Å². The number of hydrogen-bond acceptors (Lipinski definition) is 10. The SMILES string of the molecule is O=c1[nH]nc(-c2cccc([N+](=O)[O-])c2)c2c1Nc1nnnn1[C@@H]2c1cccc([N+](=O)[O-])c1. The van der Waals surface area contributed by atoms with Crippen LogP contribution in [0.4, 0.5) is 23.0 Å². The summed E-state index contributed by atoms with van der Waals surface area (Å²) in [5, 5.41) is 43.4. The molecule has 0 unspecified atom stereocenters. The molecule has 1 aliphatic heterocycles. The summed E-state index contributed by atoms with van der Waals surface area (Å²) < 4.78 is 1.36. The molecular weight excluding hydrogens is 422 g/mol. The van der Waals surface area contributed by atoms with Crippen molar-refractivity contribution in [3.05, 3.63) is 90.2 Å². The molecular formula is C18H11N9O5. The smallest absolute Gasteiger partial charge is 0.288 e. The summed E-state index contributed by atoms with van der Waals surface area (Å²) in [6.45, 7) is 0. The molecule has 2 aromatic carbocycles. The standard InChI is InChI=1S/C18H11N9O5/c28-17-15-13(14(20-21-17)9-3-1-5-11(7-9)26(29)30)16(25-18(19-15)22-23-24-25)10-4-2-6-12(8-10)27(31)32/h1-8,16H,(H,21,28)(H,19,22,24)/t16-/m1/s1. The molecule has 3 heterocycles. The first-order chi connectivity index (χ1) is 15.4. The van der Waals surface area contributed by atoms with Crippen molar-refractivity contribution in [2.45, 2.75) is 6.04 Å². The van der Waals surface area contributed by atoms with Gasteiger partial charge in [-0.3, -0.25) is 25.0 Å². The first kappa shape index (κ1) is 19.0. The van der Waals surface area contributed by atoms with Gasteiger partial charge in [-0.05, 0) is 16.0 Å². The van der Waals surface area contributed by atoms with Crippen molar-refractivity contribution in [2.75, 3.05) is 5.32 Å². The van der Waals surface area contributed by atoms with E-state index in [1.54, 1.807) is 12.1 Å². The highest BCUT2D eigenvalue weighted by Gasteiger charge is 2.35. The number of H-pyrrole nitrogens is 1. The van der Waals surface area contributed by atoms with Crippen LogP contribution in [0.1, 0.15) is 17.2 Å². The van der Waals surface area contributed by atoms with Gasteiger partial charge in [0.05, 0.1) is 15.5 Å². The summed E-state index contributed by atoms with van der Waals surface area (Å²) in [5.41, 5.74) is 0.521. The predicted molar refractivity (Wildman–Crippen MR) is 108 cm³/mol. The lowest BCUT2D eigenvalue weighted by Gasteiger charge is -2.27. The predicted octanol–water partition coefficient (Wildman–Crippen LogP) is 1.93. The lowest BCUT2D eigenvalue weighted by Crippen LogP contribution is -2.29. The average molecular weight is 433 g/mol. The first-order valence-electron chi connectivity index (χ1n) is 9.10. The van der Waals surface area contributed by atoms with Gasteiger partial charge >= 0.3 is 0 Å². The molecule has 0 aliphatic carbocycles. The van der Waals surface area contributed by atoms with E-state index in [4.69, 9.17) is 0 Å². The fourth-order valence-corrected chi connectivity index (χ4v) is 3.64. The van der Waals surface area contributed by atoms with Crippen LogP contribution in [0.5, 0.6) is 0 Å². The van der Waals surface area contributed by atoms with Crippen LogP contribution in [0.3, 0.4) is 0 Å². The van der Waals surface area contributed by atoms with Crippen LogP contribution in [-0.4, -0.2) is 40.3 Å². The lowest BCUT2D eigenvalue weighted by molar-refractivity contribution is -0.385. The third-order valence-corrected chi connectivity index (χ3v) is 5.00. The summed E-state index contributed by atoms with van der Waals surface area (Å²) >= 11 is 0. The highest BCUT2D eigenvalue weighted by molar-refractivity contribution is 5.76. The minimum Gasteiger partial charge on any atom is -0.318 e. The van der Waals surface area contributed by atoms with Gasteiger partial charge in [0.1, 0.15) is 11.7 Å². The monoisotopic (exact) mass is 433 g/mol. The van der Waals surface area contributed by atoms with E-state index in [0.717, 1.165) is 0 Å². The van der Waals surface area contributed by atoms with Crippen LogP contribution in [0.2, 0.25) is 0 Å². The minimum absolute atomic E-state index is 0.0836. The van der Waals surface area contributed by atoms with Crippen molar-refractivity contribution in [3.8, 4) is 11.3 Å². The summed E-state index contributed by atoms with van der Waals surface area (Å²) in [4.78, 5) is 34.1. The molecule has 4 aromatic rings. The van der Waals surface area contributed by atoms with E-state index in [0.29, 0.717) is 16.7 Å². The highest BCUT2D eigenvalue weighted by atomic mass is 16.6. The Morgan fingerprint density at radius 1 is 1.00 bits per heavy atom. The number of fused-ring (bicyclic) bond motifs is 2. The Labute approximate surface area is 176 Å². The van der Waals surface area contributed by atoms with Crippen LogP contribution in [-0.2, 0) is 0 Å². The van der Waals surface area contributed by atoms with Crippen LogP contribution < -0.4 is 10.9 Å². The van der Waals surface area contributed by atoms with E-state index in [-0.39, 0.29) is 28.7 Å². The number of nitro benzene ring substituents is 2. The number of aromatic nitrogens is 6.